The zero-order chi connectivity index (χ0) is 24.7. The number of fused-ring (bicyclic) bond motifs is 3. The lowest BCUT2D eigenvalue weighted by molar-refractivity contribution is -0.144. The largest absolute Gasteiger partial charge is 0.481 e. The highest BCUT2D eigenvalue weighted by Crippen LogP contribution is 2.44. The number of carboxylic acid groups (broad SMARTS) is 1. The van der Waals surface area contributed by atoms with Crippen molar-refractivity contribution < 1.29 is 29.0 Å². The van der Waals surface area contributed by atoms with Crippen molar-refractivity contribution in [3.8, 4) is 11.1 Å². The minimum atomic E-state index is -0.948. The number of alkyl carbamates (subject to hydrolysis) is 1. The number of hydrogen-bond acceptors (Lipinski definition) is 5. The lowest BCUT2D eigenvalue weighted by atomic mass is 9.89. The molecule has 2 aromatic rings. The van der Waals surface area contributed by atoms with Gasteiger partial charge in [0.25, 0.3) is 0 Å². The quantitative estimate of drug-likeness (QED) is 0.436. The Hall–Kier alpha value is -3.39. The highest BCUT2D eigenvalue weighted by Gasteiger charge is 2.30. The van der Waals surface area contributed by atoms with E-state index in [9.17, 15) is 19.5 Å². The normalized spacial score (nSPS) is 14.1. The van der Waals surface area contributed by atoms with Gasteiger partial charge in [0.15, 0.2) is 0 Å². The number of hydrogen-bond donors (Lipinski definition) is 3. The van der Waals surface area contributed by atoms with Crippen LogP contribution in [0.1, 0.15) is 37.8 Å². The van der Waals surface area contributed by atoms with Crippen LogP contribution in [-0.2, 0) is 19.1 Å². The molecule has 182 valence electrons. The Kier molecular flexibility index (Phi) is 8.65. The molecule has 0 heterocycles. The molecule has 2 unspecified atom stereocenters. The molecule has 0 spiro atoms. The smallest absolute Gasteiger partial charge is 0.407 e. The maximum absolute atomic E-state index is 12.1. The summed E-state index contributed by atoms with van der Waals surface area (Å²) in [5, 5.41) is 14.6. The molecule has 0 saturated carbocycles. The summed E-state index contributed by atoms with van der Waals surface area (Å²) in [6, 6.07) is 15.7. The third kappa shape index (κ3) is 6.14. The Bertz CT molecular complexity index is 976. The van der Waals surface area contributed by atoms with Crippen LogP contribution in [0.4, 0.5) is 4.79 Å². The standard InChI is InChI=1S/C26H32N2O6/c1-16(2)24(25(30)31)17(3)28-23(29)15-33-13-12-27-26(32)34-14-22-20-10-6-4-8-18(20)19-9-5-7-11-21(19)22/h4-11,16-17,22,24H,12-15H2,1-3H3,(H,27,32)(H,28,29)(H,30,31). The Balaban J connectivity index is 1.37. The Labute approximate surface area is 199 Å². The molecule has 0 aliphatic heterocycles. The molecule has 1 aliphatic carbocycles. The number of carbonyl (C=O) groups is 3. The molecule has 0 aromatic heterocycles. The van der Waals surface area contributed by atoms with E-state index in [4.69, 9.17) is 9.47 Å². The molecule has 8 nitrogen and oxygen atoms in total. The minimum absolute atomic E-state index is 0.0134. The minimum Gasteiger partial charge on any atom is -0.481 e. The first-order valence-corrected chi connectivity index (χ1v) is 11.5. The Morgan fingerprint density at radius 2 is 1.56 bits per heavy atom. The Morgan fingerprint density at radius 3 is 2.12 bits per heavy atom. The van der Waals surface area contributed by atoms with E-state index in [0.29, 0.717) is 0 Å². The number of carbonyl (C=O) groups excluding carboxylic acids is 2. The zero-order valence-electron chi connectivity index (χ0n) is 19.7. The molecule has 0 saturated heterocycles. The fourth-order valence-corrected chi connectivity index (χ4v) is 4.50. The van der Waals surface area contributed by atoms with Crippen molar-refractivity contribution in [2.24, 2.45) is 11.8 Å². The third-order valence-electron chi connectivity index (χ3n) is 6.02. The number of amides is 2. The molecule has 3 rings (SSSR count). The van der Waals surface area contributed by atoms with Crippen molar-refractivity contribution in [3.63, 3.8) is 0 Å². The van der Waals surface area contributed by atoms with Gasteiger partial charge in [0.2, 0.25) is 5.91 Å². The molecule has 2 atom stereocenters. The number of aliphatic carboxylic acids is 1. The first-order valence-electron chi connectivity index (χ1n) is 11.5. The molecule has 34 heavy (non-hydrogen) atoms. The van der Waals surface area contributed by atoms with Gasteiger partial charge in [0, 0.05) is 18.5 Å². The summed E-state index contributed by atoms with van der Waals surface area (Å²) in [6.45, 7) is 5.57. The summed E-state index contributed by atoms with van der Waals surface area (Å²) in [5.74, 6) is -2.16. The zero-order valence-corrected chi connectivity index (χ0v) is 19.7. The third-order valence-corrected chi connectivity index (χ3v) is 6.02. The summed E-state index contributed by atoms with van der Waals surface area (Å²) in [5.41, 5.74) is 4.61. The number of rotatable bonds is 11. The molecule has 0 fully saturated rings. The van der Waals surface area contributed by atoms with Crippen LogP contribution in [0.2, 0.25) is 0 Å². The maximum atomic E-state index is 12.1. The van der Waals surface area contributed by atoms with Crippen LogP contribution in [0.15, 0.2) is 48.5 Å². The van der Waals surface area contributed by atoms with E-state index >= 15 is 0 Å². The van der Waals surface area contributed by atoms with Crippen molar-refractivity contribution in [1.82, 2.24) is 10.6 Å². The second-order valence-corrected chi connectivity index (χ2v) is 8.77. The van der Waals surface area contributed by atoms with E-state index in [0.717, 1.165) is 22.3 Å². The average Bonchev–Trinajstić information content (AvgIpc) is 3.10. The number of benzene rings is 2. The summed E-state index contributed by atoms with van der Waals surface area (Å²) in [7, 11) is 0. The molecular formula is C26H32N2O6. The fourth-order valence-electron chi connectivity index (χ4n) is 4.50. The van der Waals surface area contributed by atoms with Gasteiger partial charge in [0.05, 0.1) is 12.5 Å². The predicted molar refractivity (Wildman–Crippen MR) is 127 cm³/mol. The van der Waals surface area contributed by atoms with Crippen molar-refractivity contribution in [3.05, 3.63) is 59.7 Å². The maximum Gasteiger partial charge on any atom is 0.407 e. The van der Waals surface area contributed by atoms with Crippen LogP contribution in [0, 0.1) is 11.8 Å². The summed E-state index contributed by atoms with van der Waals surface area (Å²) < 4.78 is 10.7. The summed E-state index contributed by atoms with van der Waals surface area (Å²) in [6.07, 6.45) is -0.551. The van der Waals surface area contributed by atoms with E-state index in [1.54, 1.807) is 20.8 Å². The average molecular weight is 469 g/mol. The van der Waals surface area contributed by atoms with Gasteiger partial charge < -0.3 is 25.2 Å². The number of ether oxygens (including phenoxy) is 2. The van der Waals surface area contributed by atoms with Crippen molar-refractivity contribution in [2.45, 2.75) is 32.7 Å². The lowest BCUT2D eigenvalue weighted by Gasteiger charge is -2.24. The van der Waals surface area contributed by atoms with Gasteiger partial charge in [-0.3, -0.25) is 9.59 Å². The van der Waals surface area contributed by atoms with Crippen LogP contribution < -0.4 is 10.6 Å². The molecule has 1 aliphatic rings. The molecule has 3 N–H and O–H groups in total. The van der Waals surface area contributed by atoms with Crippen molar-refractivity contribution in [2.75, 3.05) is 26.4 Å². The van der Waals surface area contributed by atoms with Crippen LogP contribution in [0.25, 0.3) is 11.1 Å². The second-order valence-electron chi connectivity index (χ2n) is 8.77. The number of carboxylic acids is 1. The topological polar surface area (TPSA) is 114 Å². The number of nitrogens with one attached hydrogen (secondary N) is 2. The van der Waals surface area contributed by atoms with Crippen LogP contribution in [0.3, 0.4) is 0 Å². The fraction of sp³-hybridized carbons (Fsp3) is 0.423. The van der Waals surface area contributed by atoms with Gasteiger partial charge in [-0.2, -0.15) is 0 Å². The van der Waals surface area contributed by atoms with Gasteiger partial charge >= 0.3 is 12.1 Å². The molecule has 0 radical (unpaired) electrons. The van der Waals surface area contributed by atoms with E-state index in [1.165, 1.54) is 0 Å². The Morgan fingerprint density at radius 1 is 0.971 bits per heavy atom. The highest BCUT2D eigenvalue weighted by molar-refractivity contribution is 5.80. The van der Waals surface area contributed by atoms with Crippen LogP contribution in [-0.4, -0.2) is 55.5 Å². The van der Waals surface area contributed by atoms with Crippen molar-refractivity contribution >= 4 is 18.0 Å². The molecular weight excluding hydrogens is 436 g/mol. The molecule has 2 amide bonds. The van der Waals surface area contributed by atoms with Crippen molar-refractivity contribution in [1.29, 1.82) is 0 Å². The molecule has 0 bridgehead atoms. The van der Waals surface area contributed by atoms with Gasteiger partial charge in [-0.15, -0.1) is 0 Å². The van der Waals surface area contributed by atoms with E-state index in [-0.39, 0.29) is 38.2 Å². The predicted octanol–water partition coefficient (Wildman–Crippen LogP) is 3.40. The monoisotopic (exact) mass is 468 g/mol. The van der Waals surface area contributed by atoms with Crippen LogP contribution >= 0.6 is 0 Å². The molecule has 8 heteroatoms. The second kappa shape index (κ2) is 11.7. The first-order chi connectivity index (χ1) is 16.3. The van der Waals surface area contributed by atoms with E-state index < -0.39 is 29.9 Å². The van der Waals surface area contributed by atoms with E-state index in [1.807, 2.05) is 24.3 Å². The van der Waals surface area contributed by atoms with Gasteiger partial charge in [0.1, 0.15) is 13.2 Å². The summed E-state index contributed by atoms with van der Waals surface area (Å²) in [4.78, 5) is 35.5. The lowest BCUT2D eigenvalue weighted by Crippen LogP contribution is -2.45. The first kappa shape index (κ1) is 25.2. The SMILES string of the molecule is CC(C)C(C(=O)O)C(C)NC(=O)COCCNC(=O)OCC1c2ccccc2-c2ccccc21. The van der Waals surface area contributed by atoms with Gasteiger partial charge in [-0.25, -0.2) is 4.79 Å². The highest BCUT2D eigenvalue weighted by atomic mass is 16.5. The summed E-state index contributed by atoms with van der Waals surface area (Å²) >= 11 is 0. The van der Waals surface area contributed by atoms with E-state index in [2.05, 4.69) is 34.9 Å². The van der Waals surface area contributed by atoms with Gasteiger partial charge in [-0.05, 0) is 35.1 Å². The molecule has 2 aromatic carbocycles. The van der Waals surface area contributed by atoms with Gasteiger partial charge in [-0.1, -0.05) is 62.4 Å². The van der Waals surface area contributed by atoms with Crippen LogP contribution in [0.5, 0.6) is 0 Å².